The highest BCUT2D eigenvalue weighted by atomic mass is 32.2. The van der Waals surface area contributed by atoms with Crippen molar-refractivity contribution in [2.75, 3.05) is 32.1 Å². The zero-order valence-electron chi connectivity index (χ0n) is 18.2. The van der Waals surface area contributed by atoms with Crippen LogP contribution in [0.2, 0.25) is 0 Å². The highest BCUT2D eigenvalue weighted by Gasteiger charge is 2.16. The van der Waals surface area contributed by atoms with Gasteiger partial charge in [-0.05, 0) is 24.0 Å². The monoisotopic (exact) mass is 435 g/mol. The predicted molar refractivity (Wildman–Crippen MR) is 126 cm³/mol. The SMILES string of the molecule is CCC(C)c1ccc(C(=O)CSc2nc(CN3CCOCC3)nc3ccccc23)cc1. The van der Waals surface area contributed by atoms with Crippen LogP contribution < -0.4 is 0 Å². The van der Waals surface area contributed by atoms with E-state index in [1.807, 2.05) is 36.4 Å². The van der Waals surface area contributed by atoms with Gasteiger partial charge in [-0.2, -0.15) is 0 Å². The third-order valence-corrected chi connectivity index (χ3v) is 6.83. The molecule has 1 unspecified atom stereocenters. The lowest BCUT2D eigenvalue weighted by Gasteiger charge is -2.25. The number of Topliss-reactive ketones (excluding diaryl/α,β-unsaturated/α-hetero) is 1. The van der Waals surface area contributed by atoms with Crippen molar-refractivity contribution in [1.29, 1.82) is 0 Å². The summed E-state index contributed by atoms with van der Waals surface area (Å²) in [5.41, 5.74) is 2.96. The molecule has 1 fully saturated rings. The lowest BCUT2D eigenvalue weighted by molar-refractivity contribution is 0.0330. The second-order valence-corrected chi connectivity index (χ2v) is 8.96. The van der Waals surface area contributed by atoms with Gasteiger partial charge < -0.3 is 4.74 Å². The molecule has 2 heterocycles. The number of carbonyl (C=O) groups excluding carboxylic acids is 1. The van der Waals surface area contributed by atoms with Gasteiger partial charge in [0.05, 0.1) is 31.0 Å². The molecule has 1 aliphatic heterocycles. The van der Waals surface area contributed by atoms with Gasteiger partial charge in [-0.1, -0.05) is 68.1 Å². The number of ketones is 1. The Morgan fingerprint density at radius 1 is 1.10 bits per heavy atom. The predicted octanol–water partition coefficient (Wildman–Crippen LogP) is 4.95. The molecule has 0 bridgehead atoms. The van der Waals surface area contributed by atoms with E-state index in [4.69, 9.17) is 14.7 Å². The lowest BCUT2D eigenvalue weighted by Crippen LogP contribution is -2.36. The van der Waals surface area contributed by atoms with Crippen LogP contribution in [0.1, 0.15) is 47.9 Å². The van der Waals surface area contributed by atoms with Gasteiger partial charge in [-0.25, -0.2) is 9.97 Å². The van der Waals surface area contributed by atoms with Crippen LogP contribution in [0.25, 0.3) is 10.9 Å². The van der Waals surface area contributed by atoms with E-state index in [0.29, 0.717) is 18.2 Å². The molecule has 5 nitrogen and oxygen atoms in total. The summed E-state index contributed by atoms with van der Waals surface area (Å²) in [6, 6.07) is 16.1. The number of nitrogens with zero attached hydrogens (tertiary/aromatic N) is 3. The van der Waals surface area contributed by atoms with Crippen LogP contribution in [0.3, 0.4) is 0 Å². The van der Waals surface area contributed by atoms with Gasteiger partial charge >= 0.3 is 0 Å². The van der Waals surface area contributed by atoms with Crippen LogP contribution in [-0.2, 0) is 11.3 Å². The summed E-state index contributed by atoms with van der Waals surface area (Å²) in [5.74, 6) is 1.79. The van der Waals surface area contributed by atoms with Crippen LogP contribution in [0.4, 0.5) is 0 Å². The number of aromatic nitrogens is 2. The van der Waals surface area contributed by atoms with Crippen molar-refractivity contribution in [2.24, 2.45) is 0 Å². The van der Waals surface area contributed by atoms with Gasteiger partial charge in [0.15, 0.2) is 5.78 Å². The average molecular weight is 436 g/mol. The molecular weight excluding hydrogens is 406 g/mol. The third kappa shape index (κ3) is 5.50. The molecule has 1 aliphatic rings. The minimum absolute atomic E-state index is 0.123. The Kier molecular flexibility index (Phi) is 7.33. The first-order valence-electron chi connectivity index (χ1n) is 11.0. The second-order valence-electron chi connectivity index (χ2n) is 7.99. The van der Waals surface area contributed by atoms with E-state index in [-0.39, 0.29) is 5.78 Å². The van der Waals surface area contributed by atoms with E-state index in [1.54, 1.807) is 0 Å². The molecule has 162 valence electrons. The maximum absolute atomic E-state index is 12.8. The van der Waals surface area contributed by atoms with Crippen molar-refractivity contribution in [1.82, 2.24) is 14.9 Å². The maximum Gasteiger partial charge on any atom is 0.173 e. The summed E-state index contributed by atoms with van der Waals surface area (Å²) < 4.78 is 5.44. The fourth-order valence-corrected chi connectivity index (χ4v) is 4.62. The molecule has 3 aromatic rings. The summed E-state index contributed by atoms with van der Waals surface area (Å²) in [5, 5.41) is 1.87. The van der Waals surface area contributed by atoms with Crippen molar-refractivity contribution in [3.8, 4) is 0 Å². The first kappa shape index (κ1) is 21.9. The summed E-state index contributed by atoms with van der Waals surface area (Å²) in [6.07, 6.45) is 1.09. The highest BCUT2D eigenvalue weighted by molar-refractivity contribution is 8.00. The highest BCUT2D eigenvalue weighted by Crippen LogP contribution is 2.27. The molecule has 0 aliphatic carbocycles. The Labute approximate surface area is 188 Å². The first-order valence-corrected chi connectivity index (χ1v) is 11.9. The van der Waals surface area contributed by atoms with E-state index >= 15 is 0 Å². The number of benzene rings is 2. The number of carbonyl (C=O) groups is 1. The number of morpholine rings is 1. The summed E-state index contributed by atoms with van der Waals surface area (Å²) in [4.78, 5) is 24.7. The number of ether oxygens (including phenoxy) is 1. The fourth-order valence-electron chi connectivity index (χ4n) is 3.68. The number of para-hydroxylation sites is 1. The van der Waals surface area contributed by atoms with Crippen LogP contribution in [0, 0.1) is 0 Å². The van der Waals surface area contributed by atoms with Crippen molar-refractivity contribution in [2.45, 2.75) is 37.8 Å². The van der Waals surface area contributed by atoms with E-state index < -0.39 is 0 Å². The Hall–Kier alpha value is -2.28. The molecule has 6 heteroatoms. The van der Waals surface area contributed by atoms with Gasteiger partial charge in [0.25, 0.3) is 0 Å². The van der Waals surface area contributed by atoms with Crippen LogP contribution >= 0.6 is 11.8 Å². The molecule has 31 heavy (non-hydrogen) atoms. The van der Waals surface area contributed by atoms with Gasteiger partial charge in [-0.3, -0.25) is 9.69 Å². The molecule has 0 spiro atoms. The quantitative estimate of drug-likeness (QED) is 0.283. The van der Waals surface area contributed by atoms with Gasteiger partial charge in [0.1, 0.15) is 10.9 Å². The van der Waals surface area contributed by atoms with Gasteiger partial charge in [-0.15, -0.1) is 0 Å². The number of fused-ring (bicyclic) bond motifs is 1. The van der Waals surface area contributed by atoms with Gasteiger partial charge in [0, 0.05) is 24.0 Å². The number of hydrogen-bond donors (Lipinski definition) is 0. The fraction of sp³-hybridized carbons (Fsp3) is 0.400. The number of thioether (sulfide) groups is 1. The Bertz CT molecular complexity index is 1030. The Balaban J connectivity index is 1.49. The molecule has 0 N–H and O–H groups in total. The zero-order chi connectivity index (χ0) is 21.6. The molecule has 0 radical (unpaired) electrons. The maximum atomic E-state index is 12.8. The molecule has 0 saturated carbocycles. The lowest BCUT2D eigenvalue weighted by atomic mass is 9.97. The molecular formula is C25H29N3O2S. The van der Waals surface area contributed by atoms with Crippen LogP contribution in [-0.4, -0.2) is 52.7 Å². The average Bonchev–Trinajstić information content (AvgIpc) is 2.82. The largest absolute Gasteiger partial charge is 0.379 e. The Morgan fingerprint density at radius 2 is 1.84 bits per heavy atom. The number of rotatable bonds is 8. The smallest absolute Gasteiger partial charge is 0.173 e. The Morgan fingerprint density at radius 3 is 2.58 bits per heavy atom. The molecule has 1 saturated heterocycles. The first-order chi connectivity index (χ1) is 15.1. The minimum Gasteiger partial charge on any atom is -0.379 e. The van der Waals surface area contributed by atoms with E-state index in [0.717, 1.165) is 60.0 Å². The summed E-state index contributed by atoms with van der Waals surface area (Å²) in [7, 11) is 0. The zero-order valence-corrected chi connectivity index (χ0v) is 19.0. The van der Waals surface area contributed by atoms with Crippen molar-refractivity contribution in [3.05, 3.63) is 65.5 Å². The number of hydrogen-bond acceptors (Lipinski definition) is 6. The van der Waals surface area contributed by atoms with Crippen molar-refractivity contribution in [3.63, 3.8) is 0 Å². The van der Waals surface area contributed by atoms with Crippen molar-refractivity contribution >= 4 is 28.4 Å². The molecule has 2 aromatic carbocycles. The molecule has 0 amide bonds. The van der Waals surface area contributed by atoms with E-state index in [1.165, 1.54) is 17.3 Å². The summed E-state index contributed by atoms with van der Waals surface area (Å²) >= 11 is 1.50. The van der Waals surface area contributed by atoms with E-state index in [2.05, 4.69) is 30.9 Å². The standard InChI is InChI=1S/C25H29N3O2S/c1-3-18(2)19-8-10-20(11-9-19)23(29)17-31-25-21-6-4-5-7-22(21)26-24(27-25)16-28-12-14-30-15-13-28/h4-11,18H,3,12-17H2,1-2H3. The molecule has 1 atom stereocenters. The molecule has 4 rings (SSSR count). The van der Waals surface area contributed by atoms with E-state index in [9.17, 15) is 4.79 Å². The minimum atomic E-state index is 0.123. The van der Waals surface area contributed by atoms with Crippen LogP contribution in [0.15, 0.2) is 53.6 Å². The topological polar surface area (TPSA) is 55.3 Å². The second kappa shape index (κ2) is 10.4. The van der Waals surface area contributed by atoms with Crippen molar-refractivity contribution < 1.29 is 9.53 Å². The molecule has 1 aromatic heterocycles. The third-order valence-electron chi connectivity index (χ3n) is 5.84. The van der Waals surface area contributed by atoms with Crippen LogP contribution in [0.5, 0.6) is 0 Å². The normalized spacial score (nSPS) is 15.8. The summed E-state index contributed by atoms with van der Waals surface area (Å²) in [6.45, 7) is 8.38. The van der Waals surface area contributed by atoms with Gasteiger partial charge in [0.2, 0.25) is 0 Å².